The molecule has 0 saturated carbocycles. The minimum Gasteiger partial charge on any atom is -0.385 e. The van der Waals surface area contributed by atoms with E-state index >= 15 is 0 Å². The SMILES string of the molecule is CC(C)n1c([C@H](C)O)nc2c(F)cc(Br)cc21. The predicted octanol–water partition coefficient (Wildman–Crippen LogP) is 3.57. The van der Waals surface area contributed by atoms with Crippen molar-refractivity contribution >= 4 is 27.0 Å². The quantitative estimate of drug-likeness (QED) is 0.921. The molecule has 0 aliphatic rings. The Bertz CT molecular complexity index is 563. The van der Waals surface area contributed by atoms with Crippen LogP contribution in [0.15, 0.2) is 16.6 Å². The standard InChI is InChI=1S/C12H14BrFN2O/c1-6(2)16-10-5-8(13)4-9(14)11(10)15-12(16)7(3)17/h4-7,17H,1-3H3/t7-/m0/s1. The Labute approximate surface area is 107 Å². The fourth-order valence-corrected chi connectivity index (χ4v) is 2.39. The van der Waals surface area contributed by atoms with Gasteiger partial charge in [0.1, 0.15) is 17.4 Å². The first-order chi connectivity index (χ1) is 7.91. The number of aromatic nitrogens is 2. The Morgan fingerprint density at radius 3 is 2.53 bits per heavy atom. The second-order valence-electron chi connectivity index (χ2n) is 4.37. The topological polar surface area (TPSA) is 38.0 Å². The van der Waals surface area contributed by atoms with E-state index in [1.165, 1.54) is 6.07 Å². The lowest BCUT2D eigenvalue weighted by Gasteiger charge is -2.14. The third-order valence-electron chi connectivity index (χ3n) is 2.63. The molecule has 0 unspecified atom stereocenters. The molecule has 0 fully saturated rings. The summed E-state index contributed by atoms with van der Waals surface area (Å²) in [6.07, 6.45) is -0.719. The summed E-state index contributed by atoms with van der Waals surface area (Å²) in [6.45, 7) is 5.59. The molecule has 1 atom stereocenters. The van der Waals surface area contributed by atoms with Gasteiger partial charge in [-0.1, -0.05) is 15.9 Å². The van der Waals surface area contributed by atoms with Gasteiger partial charge in [-0.2, -0.15) is 0 Å². The van der Waals surface area contributed by atoms with Gasteiger partial charge in [0.2, 0.25) is 0 Å². The molecule has 5 heteroatoms. The molecule has 1 N–H and O–H groups in total. The summed E-state index contributed by atoms with van der Waals surface area (Å²) in [6, 6.07) is 3.31. The number of fused-ring (bicyclic) bond motifs is 1. The summed E-state index contributed by atoms with van der Waals surface area (Å²) in [5.74, 6) is 0.114. The van der Waals surface area contributed by atoms with Gasteiger partial charge < -0.3 is 9.67 Å². The molecule has 1 heterocycles. The lowest BCUT2D eigenvalue weighted by Crippen LogP contribution is -2.08. The molecule has 92 valence electrons. The van der Waals surface area contributed by atoms with Crippen molar-refractivity contribution in [2.45, 2.75) is 32.9 Å². The summed E-state index contributed by atoms with van der Waals surface area (Å²) < 4.78 is 16.3. The highest BCUT2D eigenvalue weighted by atomic mass is 79.9. The van der Waals surface area contributed by atoms with Gasteiger partial charge in [-0.15, -0.1) is 0 Å². The van der Waals surface area contributed by atoms with E-state index < -0.39 is 6.10 Å². The van der Waals surface area contributed by atoms with Crippen molar-refractivity contribution in [2.75, 3.05) is 0 Å². The molecule has 2 rings (SSSR count). The highest BCUT2D eigenvalue weighted by molar-refractivity contribution is 9.10. The minimum absolute atomic E-state index is 0.110. The first kappa shape index (κ1) is 12.5. The first-order valence-electron chi connectivity index (χ1n) is 5.46. The van der Waals surface area contributed by atoms with Crippen LogP contribution in [0.25, 0.3) is 11.0 Å². The molecule has 0 aliphatic carbocycles. The van der Waals surface area contributed by atoms with Crippen LogP contribution < -0.4 is 0 Å². The summed E-state index contributed by atoms with van der Waals surface area (Å²) >= 11 is 3.27. The van der Waals surface area contributed by atoms with Gasteiger partial charge >= 0.3 is 0 Å². The second-order valence-corrected chi connectivity index (χ2v) is 5.28. The molecule has 0 aliphatic heterocycles. The van der Waals surface area contributed by atoms with Crippen LogP contribution in [-0.2, 0) is 0 Å². The first-order valence-corrected chi connectivity index (χ1v) is 6.26. The average Bonchev–Trinajstić information content (AvgIpc) is 2.56. The molecule has 0 amide bonds. The molecule has 2 aromatic rings. The molecular weight excluding hydrogens is 287 g/mol. The number of aliphatic hydroxyl groups is 1. The summed E-state index contributed by atoms with van der Waals surface area (Å²) in [5.41, 5.74) is 1.00. The highest BCUT2D eigenvalue weighted by Gasteiger charge is 2.19. The van der Waals surface area contributed by atoms with Crippen LogP contribution in [0.1, 0.15) is 38.7 Å². The van der Waals surface area contributed by atoms with Crippen LogP contribution in [0, 0.1) is 5.82 Å². The Morgan fingerprint density at radius 1 is 1.35 bits per heavy atom. The molecule has 0 saturated heterocycles. The second kappa shape index (κ2) is 4.38. The molecule has 1 aromatic carbocycles. The number of halogens is 2. The van der Waals surface area contributed by atoms with E-state index in [0.29, 0.717) is 21.3 Å². The van der Waals surface area contributed by atoms with Crippen molar-refractivity contribution in [3.63, 3.8) is 0 Å². The molecule has 0 radical (unpaired) electrons. The van der Waals surface area contributed by atoms with E-state index in [2.05, 4.69) is 20.9 Å². The zero-order chi connectivity index (χ0) is 12.7. The molecule has 1 aromatic heterocycles. The van der Waals surface area contributed by atoms with E-state index in [1.807, 2.05) is 24.5 Å². The van der Waals surface area contributed by atoms with Crippen LogP contribution in [0.4, 0.5) is 4.39 Å². The number of hydrogen-bond acceptors (Lipinski definition) is 2. The van der Waals surface area contributed by atoms with Gasteiger partial charge in [-0.3, -0.25) is 0 Å². The zero-order valence-electron chi connectivity index (χ0n) is 9.91. The summed E-state index contributed by atoms with van der Waals surface area (Å²) in [4.78, 5) is 4.19. The Hall–Kier alpha value is -0.940. The number of nitrogens with zero attached hydrogens (tertiary/aromatic N) is 2. The highest BCUT2D eigenvalue weighted by Crippen LogP contribution is 2.29. The number of imidazole rings is 1. The monoisotopic (exact) mass is 300 g/mol. The molecule has 0 bridgehead atoms. The number of hydrogen-bond donors (Lipinski definition) is 1. The normalized spacial score (nSPS) is 13.6. The summed E-state index contributed by atoms with van der Waals surface area (Å²) in [5, 5.41) is 9.70. The molecular formula is C12H14BrFN2O. The lowest BCUT2D eigenvalue weighted by atomic mass is 10.2. The summed E-state index contributed by atoms with van der Waals surface area (Å²) in [7, 11) is 0. The van der Waals surface area contributed by atoms with Crippen molar-refractivity contribution in [2.24, 2.45) is 0 Å². The Morgan fingerprint density at radius 2 is 2.00 bits per heavy atom. The molecule has 0 spiro atoms. The van der Waals surface area contributed by atoms with E-state index in [9.17, 15) is 9.50 Å². The van der Waals surface area contributed by atoms with Crippen LogP contribution in [-0.4, -0.2) is 14.7 Å². The van der Waals surface area contributed by atoms with Crippen LogP contribution in [0.3, 0.4) is 0 Å². The van der Waals surface area contributed by atoms with Gasteiger partial charge in [-0.25, -0.2) is 9.37 Å². The van der Waals surface area contributed by atoms with E-state index in [0.717, 1.165) is 0 Å². The van der Waals surface area contributed by atoms with Crippen molar-refractivity contribution in [3.8, 4) is 0 Å². The van der Waals surface area contributed by atoms with Crippen LogP contribution in [0.5, 0.6) is 0 Å². The van der Waals surface area contributed by atoms with E-state index in [1.54, 1.807) is 6.92 Å². The van der Waals surface area contributed by atoms with Crippen molar-refractivity contribution in [3.05, 3.63) is 28.2 Å². The van der Waals surface area contributed by atoms with Crippen molar-refractivity contribution in [1.29, 1.82) is 0 Å². The maximum absolute atomic E-state index is 13.8. The van der Waals surface area contributed by atoms with Gasteiger partial charge in [0.05, 0.1) is 5.52 Å². The van der Waals surface area contributed by atoms with E-state index in [-0.39, 0.29) is 11.9 Å². The average molecular weight is 301 g/mol. The van der Waals surface area contributed by atoms with Gasteiger partial charge in [-0.05, 0) is 32.9 Å². The zero-order valence-corrected chi connectivity index (χ0v) is 11.5. The third-order valence-corrected chi connectivity index (χ3v) is 3.09. The fraction of sp³-hybridized carbons (Fsp3) is 0.417. The largest absolute Gasteiger partial charge is 0.385 e. The third kappa shape index (κ3) is 2.09. The Kier molecular flexibility index (Phi) is 3.23. The number of aliphatic hydroxyl groups excluding tert-OH is 1. The van der Waals surface area contributed by atoms with Crippen LogP contribution >= 0.6 is 15.9 Å². The van der Waals surface area contributed by atoms with E-state index in [4.69, 9.17) is 0 Å². The Balaban J connectivity index is 2.85. The maximum atomic E-state index is 13.8. The van der Waals surface area contributed by atoms with Crippen molar-refractivity contribution in [1.82, 2.24) is 9.55 Å². The smallest absolute Gasteiger partial charge is 0.152 e. The van der Waals surface area contributed by atoms with Gasteiger partial charge in [0, 0.05) is 10.5 Å². The van der Waals surface area contributed by atoms with Crippen molar-refractivity contribution < 1.29 is 9.50 Å². The minimum atomic E-state index is -0.719. The lowest BCUT2D eigenvalue weighted by molar-refractivity contribution is 0.182. The fourth-order valence-electron chi connectivity index (χ4n) is 1.98. The molecule has 3 nitrogen and oxygen atoms in total. The van der Waals surface area contributed by atoms with Gasteiger partial charge in [0.25, 0.3) is 0 Å². The van der Waals surface area contributed by atoms with Gasteiger partial charge in [0.15, 0.2) is 5.82 Å². The predicted molar refractivity (Wildman–Crippen MR) is 68.4 cm³/mol. The van der Waals surface area contributed by atoms with Crippen LogP contribution in [0.2, 0.25) is 0 Å². The number of benzene rings is 1. The maximum Gasteiger partial charge on any atom is 0.152 e. The number of rotatable bonds is 2. The molecule has 17 heavy (non-hydrogen) atoms.